The highest BCUT2D eigenvalue weighted by molar-refractivity contribution is 5.85. The van der Waals surface area contributed by atoms with E-state index in [1.165, 1.54) is 0 Å². The molecule has 0 bridgehead atoms. The molecule has 5 N–H and O–H groups in total. The highest BCUT2D eigenvalue weighted by atomic mass is 16.5. The van der Waals surface area contributed by atoms with E-state index in [9.17, 15) is 4.79 Å². The van der Waals surface area contributed by atoms with E-state index in [2.05, 4.69) is 10.6 Å². The third kappa shape index (κ3) is 3.41. The highest BCUT2D eigenvalue weighted by Gasteiger charge is 2.09. The van der Waals surface area contributed by atoms with Gasteiger partial charge in [0, 0.05) is 13.1 Å². The fourth-order valence-electron chi connectivity index (χ4n) is 2.24. The second-order valence-corrected chi connectivity index (χ2v) is 4.96. The summed E-state index contributed by atoms with van der Waals surface area (Å²) >= 11 is 0. The maximum atomic E-state index is 10.8. The molecule has 0 aliphatic rings. The Morgan fingerprint density at radius 3 is 2.32 bits per heavy atom. The zero-order valence-corrected chi connectivity index (χ0v) is 12.7. The van der Waals surface area contributed by atoms with Gasteiger partial charge in [0.2, 0.25) is 0 Å². The predicted octanol–water partition coefficient (Wildman–Crippen LogP) is 3.81. The monoisotopic (exact) mass is 301 g/mol. The van der Waals surface area contributed by atoms with E-state index in [0.29, 0.717) is 22.9 Å². The second-order valence-electron chi connectivity index (χ2n) is 4.96. The molecule has 2 rings (SSSR count). The van der Waals surface area contributed by atoms with Crippen molar-refractivity contribution in [2.75, 3.05) is 23.4 Å². The molecule has 0 atom stereocenters. The Balaban J connectivity index is 2.29. The number of nitrogen functional groups attached to an aromatic ring is 1. The molecule has 6 heteroatoms. The van der Waals surface area contributed by atoms with Crippen LogP contribution in [0.5, 0.6) is 11.5 Å². The molecule has 0 saturated carbocycles. The SMILES string of the molecule is CNc1cc(Oc2cc(C)c(NC(=O)O)c(C)c2)ccc1N. The molecule has 22 heavy (non-hydrogen) atoms. The molecular weight excluding hydrogens is 282 g/mol. The molecule has 0 saturated heterocycles. The van der Waals surface area contributed by atoms with Crippen molar-refractivity contribution in [2.45, 2.75) is 13.8 Å². The number of carbonyl (C=O) groups is 1. The first-order valence-corrected chi connectivity index (χ1v) is 6.77. The normalized spacial score (nSPS) is 10.1. The van der Waals surface area contributed by atoms with Crippen LogP contribution in [0.2, 0.25) is 0 Å². The van der Waals surface area contributed by atoms with Crippen LogP contribution in [0, 0.1) is 13.8 Å². The van der Waals surface area contributed by atoms with E-state index in [0.717, 1.165) is 16.8 Å². The van der Waals surface area contributed by atoms with E-state index in [1.807, 2.05) is 19.9 Å². The third-order valence-corrected chi connectivity index (χ3v) is 3.27. The van der Waals surface area contributed by atoms with Gasteiger partial charge in [0.15, 0.2) is 0 Å². The number of nitrogens with two attached hydrogens (primary N) is 1. The molecular formula is C16H19N3O3. The van der Waals surface area contributed by atoms with Crippen LogP contribution in [0.25, 0.3) is 0 Å². The van der Waals surface area contributed by atoms with Crippen molar-refractivity contribution in [2.24, 2.45) is 0 Å². The van der Waals surface area contributed by atoms with E-state index >= 15 is 0 Å². The smallest absolute Gasteiger partial charge is 0.409 e. The Bertz CT molecular complexity index is 691. The lowest BCUT2D eigenvalue weighted by Crippen LogP contribution is -2.10. The molecule has 1 amide bonds. The van der Waals surface area contributed by atoms with Crippen molar-refractivity contribution in [3.8, 4) is 11.5 Å². The third-order valence-electron chi connectivity index (χ3n) is 3.27. The predicted molar refractivity (Wildman–Crippen MR) is 88.0 cm³/mol. The lowest BCUT2D eigenvalue weighted by Gasteiger charge is -2.14. The van der Waals surface area contributed by atoms with Gasteiger partial charge < -0.3 is 20.9 Å². The van der Waals surface area contributed by atoms with Gasteiger partial charge in [-0.25, -0.2) is 4.79 Å². The summed E-state index contributed by atoms with van der Waals surface area (Å²) in [5.41, 5.74) is 9.42. The Kier molecular flexibility index (Phi) is 4.41. The van der Waals surface area contributed by atoms with Crippen molar-refractivity contribution in [1.82, 2.24) is 0 Å². The summed E-state index contributed by atoms with van der Waals surface area (Å²) in [4.78, 5) is 10.8. The first kappa shape index (κ1) is 15.5. The number of nitrogens with one attached hydrogen (secondary N) is 2. The number of anilines is 3. The summed E-state index contributed by atoms with van der Waals surface area (Å²) in [6.45, 7) is 3.65. The molecule has 0 aromatic heterocycles. The summed E-state index contributed by atoms with van der Waals surface area (Å²) in [6, 6.07) is 8.93. The van der Waals surface area contributed by atoms with Crippen molar-refractivity contribution in [3.63, 3.8) is 0 Å². The minimum atomic E-state index is -1.09. The van der Waals surface area contributed by atoms with Gasteiger partial charge in [-0.1, -0.05) is 0 Å². The van der Waals surface area contributed by atoms with Gasteiger partial charge in [-0.05, 0) is 49.2 Å². The summed E-state index contributed by atoms with van der Waals surface area (Å²) < 4.78 is 5.83. The Morgan fingerprint density at radius 1 is 1.14 bits per heavy atom. The molecule has 6 nitrogen and oxygen atoms in total. The Labute approximate surface area is 128 Å². The fourth-order valence-corrected chi connectivity index (χ4v) is 2.24. The lowest BCUT2D eigenvalue weighted by atomic mass is 10.1. The van der Waals surface area contributed by atoms with Crippen molar-refractivity contribution >= 4 is 23.2 Å². The van der Waals surface area contributed by atoms with Crippen molar-refractivity contribution in [3.05, 3.63) is 41.5 Å². The molecule has 0 radical (unpaired) electrons. The summed E-state index contributed by atoms with van der Waals surface area (Å²) in [6.07, 6.45) is -1.09. The zero-order valence-electron chi connectivity index (χ0n) is 12.7. The minimum Gasteiger partial charge on any atom is -0.465 e. The Morgan fingerprint density at radius 2 is 1.77 bits per heavy atom. The van der Waals surface area contributed by atoms with E-state index in [4.69, 9.17) is 15.6 Å². The molecule has 116 valence electrons. The standard InChI is InChI=1S/C16H19N3O3/c1-9-6-12(7-10(2)15(9)19-16(20)21)22-11-4-5-13(17)14(8-11)18-3/h4-8,18-19H,17H2,1-3H3,(H,20,21). The zero-order chi connectivity index (χ0) is 16.3. The van der Waals surface area contributed by atoms with Gasteiger partial charge in [-0.15, -0.1) is 0 Å². The second kappa shape index (κ2) is 6.26. The van der Waals surface area contributed by atoms with Crippen molar-refractivity contribution in [1.29, 1.82) is 0 Å². The molecule has 2 aromatic carbocycles. The summed E-state index contributed by atoms with van der Waals surface area (Å²) in [5.74, 6) is 1.29. The number of aryl methyl sites for hydroxylation is 2. The molecule has 2 aromatic rings. The number of benzene rings is 2. The van der Waals surface area contributed by atoms with Gasteiger partial charge in [-0.2, -0.15) is 0 Å². The number of ether oxygens (including phenoxy) is 1. The number of rotatable bonds is 4. The average molecular weight is 301 g/mol. The number of hydrogen-bond acceptors (Lipinski definition) is 4. The van der Waals surface area contributed by atoms with E-state index < -0.39 is 6.09 Å². The van der Waals surface area contributed by atoms with Crippen LogP contribution in [0.4, 0.5) is 21.9 Å². The van der Waals surface area contributed by atoms with Crippen LogP contribution in [0.15, 0.2) is 30.3 Å². The lowest BCUT2D eigenvalue weighted by molar-refractivity contribution is 0.209. The maximum Gasteiger partial charge on any atom is 0.409 e. The van der Waals surface area contributed by atoms with E-state index in [1.54, 1.807) is 31.3 Å². The molecule has 0 unspecified atom stereocenters. The first-order chi connectivity index (χ1) is 10.4. The van der Waals surface area contributed by atoms with Crippen LogP contribution in [-0.2, 0) is 0 Å². The number of carboxylic acid groups (broad SMARTS) is 1. The maximum absolute atomic E-state index is 10.8. The largest absolute Gasteiger partial charge is 0.465 e. The minimum absolute atomic E-state index is 0.577. The molecule has 0 aliphatic carbocycles. The fraction of sp³-hybridized carbons (Fsp3) is 0.188. The molecule has 0 spiro atoms. The van der Waals surface area contributed by atoms with Crippen LogP contribution >= 0.6 is 0 Å². The van der Waals surface area contributed by atoms with Gasteiger partial charge in [-0.3, -0.25) is 5.32 Å². The van der Waals surface area contributed by atoms with Crippen LogP contribution in [0.3, 0.4) is 0 Å². The summed E-state index contributed by atoms with van der Waals surface area (Å²) in [7, 11) is 1.79. The number of hydrogen-bond donors (Lipinski definition) is 4. The highest BCUT2D eigenvalue weighted by Crippen LogP contribution is 2.31. The summed E-state index contributed by atoms with van der Waals surface area (Å²) in [5, 5.41) is 14.2. The topological polar surface area (TPSA) is 96.6 Å². The Hall–Kier alpha value is -2.89. The van der Waals surface area contributed by atoms with Crippen LogP contribution in [0.1, 0.15) is 11.1 Å². The van der Waals surface area contributed by atoms with Crippen LogP contribution < -0.4 is 21.1 Å². The quantitative estimate of drug-likeness (QED) is 0.644. The number of amides is 1. The molecule has 0 heterocycles. The van der Waals surface area contributed by atoms with Crippen LogP contribution in [-0.4, -0.2) is 18.2 Å². The van der Waals surface area contributed by atoms with Gasteiger partial charge in [0.25, 0.3) is 0 Å². The molecule has 0 aliphatic heterocycles. The van der Waals surface area contributed by atoms with Gasteiger partial charge >= 0.3 is 6.09 Å². The molecule has 0 fully saturated rings. The van der Waals surface area contributed by atoms with E-state index in [-0.39, 0.29) is 0 Å². The van der Waals surface area contributed by atoms with Gasteiger partial charge in [0.05, 0.1) is 17.1 Å². The van der Waals surface area contributed by atoms with Gasteiger partial charge in [0.1, 0.15) is 11.5 Å². The van der Waals surface area contributed by atoms with Crippen molar-refractivity contribution < 1.29 is 14.6 Å². The average Bonchev–Trinajstić information content (AvgIpc) is 2.45. The first-order valence-electron chi connectivity index (χ1n) is 6.77.